The fourth-order valence-electron chi connectivity index (χ4n) is 1.42. The summed E-state index contributed by atoms with van der Waals surface area (Å²) < 4.78 is 26.2. The Labute approximate surface area is 115 Å². The van der Waals surface area contributed by atoms with Crippen LogP contribution in [0.15, 0.2) is 18.2 Å². The molecular weight excluding hydrogens is 268 g/mol. The number of hydrogen-bond donors (Lipinski definition) is 2. The van der Waals surface area contributed by atoms with E-state index in [9.17, 15) is 18.4 Å². The van der Waals surface area contributed by atoms with Gasteiger partial charge in [0, 0.05) is 39.2 Å². The van der Waals surface area contributed by atoms with Crippen molar-refractivity contribution in [1.29, 1.82) is 0 Å². The van der Waals surface area contributed by atoms with Crippen LogP contribution in [0.3, 0.4) is 0 Å². The highest BCUT2D eigenvalue weighted by molar-refractivity contribution is 5.77. The number of hydrogen-bond acceptors (Lipinski definition) is 2. The van der Waals surface area contributed by atoms with Crippen molar-refractivity contribution in [2.24, 2.45) is 0 Å². The van der Waals surface area contributed by atoms with Gasteiger partial charge in [-0.15, -0.1) is 0 Å². The molecule has 0 radical (unpaired) electrons. The monoisotopic (exact) mass is 285 g/mol. The van der Waals surface area contributed by atoms with E-state index >= 15 is 0 Å². The van der Waals surface area contributed by atoms with Crippen LogP contribution in [0.25, 0.3) is 0 Å². The molecule has 0 unspecified atom stereocenters. The van der Waals surface area contributed by atoms with Gasteiger partial charge < -0.3 is 15.5 Å². The summed E-state index contributed by atoms with van der Waals surface area (Å²) in [5, 5.41) is 4.85. The van der Waals surface area contributed by atoms with Gasteiger partial charge in [-0.05, 0) is 18.2 Å². The fraction of sp³-hybridized carbons (Fsp3) is 0.385. The third-order valence-electron chi connectivity index (χ3n) is 2.57. The average Bonchev–Trinajstić information content (AvgIpc) is 2.39. The standard InChI is InChI=1S/C13H17F2N3O2/c1-18(2)12(19)5-6-16-13(20)17-8-9-7-10(14)3-4-11(9)15/h3-4,7H,5-6,8H2,1-2H3,(H2,16,17,20). The van der Waals surface area contributed by atoms with Crippen molar-refractivity contribution in [2.45, 2.75) is 13.0 Å². The third-order valence-corrected chi connectivity index (χ3v) is 2.57. The van der Waals surface area contributed by atoms with Crippen LogP contribution in [0.2, 0.25) is 0 Å². The molecule has 0 bridgehead atoms. The number of benzene rings is 1. The number of carbonyl (C=O) groups is 2. The predicted molar refractivity (Wildman–Crippen MR) is 69.9 cm³/mol. The van der Waals surface area contributed by atoms with Crippen LogP contribution in [-0.4, -0.2) is 37.5 Å². The highest BCUT2D eigenvalue weighted by Gasteiger charge is 2.07. The second-order valence-corrected chi connectivity index (χ2v) is 4.38. The van der Waals surface area contributed by atoms with E-state index in [-0.39, 0.29) is 31.0 Å². The Bertz CT molecular complexity index is 493. The summed E-state index contributed by atoms with van der Waals surface area (Å²) in [4.78, 5) is 24.1. The number of rotatable bonds is 5. The first kappa shape index (κ1) is 15.9. The van der Waals surface area contributed by atoms with Crippen molar-refractivity contribution >= 4 is 11.9 Å². The average molecular weight is 285 g/mol. The normalized spacial score (nSPS) is 10.0. The molecule has 0 saturated heterocycles. The first-order valence-electron chi connectivity index (χ1n) is 6.06. The number of urea groups is 1. The first-order chi connectivity index (χ1) is 9.40. The molecule has 7 heteroatoms. The molecule has 0 aromatic heterocycles. The van der Waals surface area contributed by atoms with Crippen molar-refractivity contribution in [1.82, 2.24) is 15.5 Å². The quantitative estimate of drug-likeness (QED) is 0.855. The molecule has 1 rings (SSSR count). The molecule has 0 saturated carbocycles. The lowest BCUT2D eigenvalue weighted by atomic mass is 10.2. The minimum atomic E-state index is -0.588. The molecule has 0 spiro atoms. The zero-order chi connectivity index (χ0) is 15.1. The second-order valence-electron chi connectivity index (χ2n) is 4.38. The maximum absolute atomic E-state index is 13.3. The summed E-state index contributed by atoms with van der Waals surface area (Å²) in [5.74, 6) is -1.27. The highest BCUT2D eigenvalue weighted by atomic mass is 19.1. The smallest absolute Gasteiger partial charge is 0.315 e. The van der Waals surface area contributed by atoms with Gasteiger partial charge in [0.15, 0.2) is 0 Å². The molecule has 0 aliphatic rings. The predicted octanol–water partition coefficient (Wildman–Crippen LogP) is 1.24. The number of amides is 3. The van der Waals surface area contributed by atoms with Gasteiger partial charge in [-0.3, -0.25) is 4.79 Å². The van der Waals surface area contributed by atoms with Crippen LogP contribution >= 0.6 is 0 Å². The Hall–Kier alpha value is -2.18. The number of nitrogens with zero attached hydrogens (tertiary/aromatic N) is 1. The molecule has 5 nitrogen and oxygen atoms in total. The minimum Gasteiger partial charge on any atom is -0.349 e. The lowest BCUT2D eigenvalue weighted by Crippen LogP contribution is -2.37. The summed E-state index contributed by atoms with van der Waals surface area (Å²) in [6, 6.07) is 2.48. The molecule has 0 fully saturated rings. The van der Waals surface area contributed by atoms with Crippen molar-refractivity contribution in [3.05, 3.63) is 35.4 Å². The molecule has 3 amide bonds. The van der Waals surface area contributed by atoms with Gasteiger partial charge in [0.2, 0.25) is 5.91 Å². The first-order valence-corrected chi connectivity index (χ1v) is 6.06. The lowest BCUT2D eigenvalue weighted by Gasteiger charge is -2.11. The molecule has 0 heterocycles. The zero-order valence-corrected chi connectivity index (χ0v) is 11.4. The Balaban J connectivity index is 2.33. The van der Waals surface area contributed by atoms with Crippen LogP contribution < -0.4 is 10.6 Å². The molecule has 1 aromatic rings. The van der Waals surface area contributed by atoms with E-state index in [1.165, 1.54) is 4.90 Å². The largest absolute Gasteiger partial charge is 0.349 e. The Morgan fingerprint density at radius 3 is 2.55 bits per heavy atom. The molecule has 0 aliphatic carbocycles. The van der Waals surface area contributed by atoms with Crippen LogP contribution in [0.4, 0.5) is 13.6 Å². The maximum atomic E-state index is 13.3. The van der Waals surface area contributed by atoms with Crippen molar-refractivity contribution in [3.63, 3.8) is 0 Å². The third kappa shape index (κ3) is 5.21. The molecule has 1 aromatic carbocycles. The van der Waals surface area contributed by atoms with Crippen LogP contribution in [-0.2, 0) is 11.3 Å². The minimum absolute atomic E-state index is 0.0597. The molecule has 2 N–H and O–H groups in total. The molecule has 0 atom stereocenters. The van der Waals surface area contributed by atoms with Crippen LogP contribution in [0.5, 0.6) is 0 Å². The molecule has 0 aliphatic heterocycles. The SMILES string of the molecule is CN(C)C(=O)CCNC(=O)NCc1cc(F)ccc1F. The van der Waals surface area contributed by atoms with E-state index in [1.807, 2.05) is 0 Å². The van der Waals surface area contributed by atoms with Crippen molar-refractivity contribution < 1.29 is 18.4 Å². The van der Waals surface area contributed by atoms with Gasteiger partial charge >= 0.3 is 6.03 Å². The lowest BCUT2D eigenvalue weighted by molar-refractivity contribution is -0.128. The Kier molecular flexibility index (Phi) is 5.89. The summed E-state index contributed by atoms with van der Waals surface area (Å²) >= 11 is 0. The van der Waals surface area contributed by atoms with E-state index < -0.39 is 17.7 Å². The van der Waals surface area contributed by atoms with Gasteiger partial charge in [-0.2, -0.15) is 0 Å². The topological polar surface area (TPSA) is 61.4 Å². The molecule has 110 valence electrons. The molecular formula is C13H17F2N3O2. The summed E-state index contributed by atoms with van der Waals surface area (Å²) in [5.41, 5.74) is 0.0597. The van der Waals surface area contributed by atoms with E-state index in [1.54, 1.807) is 14.1 Å². The van der Waals surface area contributed by atoms with E-state index in [2.05, 4.69) is 10.6 Å². The molecule has 20 heavy (non-hydrogen) atoms. The summed E-state index contributed by atoms with van der Waals surface area (Å²) in [6.45, 7) is 0.0472. The van der Waals surface area contributed by atoms with Crippen LogP contribution in [0, 0.1) is 11.6 Å². The Morgan fingerprint density at radius 1 is 1.20 bits per heavy atom. The van der Waals surface area contributed by atoms with Gasteiger partial charge in [-0.25, -0.2) is 13.6 Å². The summed E-state index contributed by atoms with van der Waals surface area (Å²) in [6.07, 6.45) is 0.175. The summed E-state index contributed by atoms with van der Waals surface area (Å²) in [7, 11) is 3.24. The van der Waals surface area contributed by atoms with Gasteiger partial charge in [0.05, 0.1) is 0 Å². The van der Waals surface area contributed by atoms with E-state index in [4.69, 9.17) is 0 Å². The zero-order valence-electron chi connectivity index (χ0n) is 11.4. The fourth-order valence-corrected chi connectivity index (χ4v) is 1.42. The number of halogens is 2. The van der Waals surface area contributed by atoms with Gasteiger partial charge in [0.25, 0.3) is 0 Å². The van der Waals surface area contributed by atoms with Crippen LogP contribution in [0.1, 0.15) is 12.0 Å². The number of carbonyl (C=O) groups excluding carboxylic acids is 2. The number of nitrogens with one attached hydrogen (secondary N) is 2. The van der Waals surface area contributed by atoms with E-state index in [0.717, 1.165) is 18.2 Å². The maximum Gasteiger partial charge on any atom is 0.315 e. The Morgan fingerprint density at radius 2 is 1.90 bits per heavy atom. The van der Waals surface area contributed by atoms with Crippen molar-refractivity contribution in [2.75, 3.05) is 20.6 Å². The highest BCUT2D eigenvalue weighted by Crippen LogP contribution is 2.08. The van der Waals surface area contributed by atoms with Crippen molar-refractivity contribution in [3.8, 4) is 0 Å². The van der Waals surface area contributed by atoms with Gasteiger partial charge in [0.1, 0.15) is 11.6 Å². The second kappa shape index (κ2) is 7.42. The van der Waals surface area contributed by atoms with Gasteiger partial charge in [-0.1, -0.05) is 0 Å². The van der Waals surface area contributed by atoms with E-state index in [0.29, 0.717) is 0 Å².